The molecule has 146 valence electrons. The summed E-state index contributed by atoms with van der Waals surface area (Å²) in [4.78, 5) is 28.5. The van der Waals surface area contributed by atoms with E-state index in [-0.39, 0.29) is 12.6 Å². The maximum atomic E-state index is 12.3. The van der Waals surface area contributed by atoms with Gasteiger partial charge in [-0.15, -0.1) is 0 Å². The molecule has 2 unspecified atom stereocenters. The molecule has 0 bridgehead atoms. The molecule has 27 heavy (non-hydrogen) atoms. The minimum Gasteiger partial charge on any atom is -0.445 e. The van der Waals surface area contributed by atoms with Crippen molar-refractivity contribution in [1.29, 1.82) is 0 Å². The van der Waals surface area contributed by atoms with Crippen LogP contribution in [-0.2, 0) is 16.1 Å². The molecule has 1 fully saturated rings. The number of carbonyl (C=O) groups is 2. The Morgan fingerprint density at radius 1 is 1.33 bits per heavy atom. The van der Waals surface area contributed by atoms with Gasteiger partial charge in [-0.3, -0.25) is 4.90 Å². The Morgan fingerprint density at radius 3 is 2.67 bits per heavy atom. The first-order valence-corrected chi connectivity index (χ1v) is 8.79. The number of nitrogens with one attached hydrogen (secondary N) is 1. The van der Waals surface area contributed by atoms with E-state index in [2.05, 4.69) is 15.3 Å². The van der Waals surface area contributed by atoms with E-state index in [9.17, 15) is 9.59 Å². The molecular weight excluding hydrogens is 350 g/mol. The number of alkyl carbamates (subject to hydrolysis) is 1. The molecule has 2 amide bonds. The number of likely N-dealkylation sites (tertiary alicyclic amines) is 1. The fourth-order valence-corrected chi connectivity index (χ4v) is 2.71. The largest absolute Gasteiger partial charge is 0.445 e. The first-order valence-electron chi connectivity index (χ1n) is 8.79. The van der Waals surface area contributed by atoms with Crippen molar-refractivity contribution in [2.45, 2.75) is 58.0 Å². The molecule has 1 aromatic rings. The van der Waals surface area contributed by atoms with E-state index in [1.807, 2.05) is 30.3 Å². The Balaban J connectivity index is 1.88. The SMILES string of the molecule is CC(C)(C)OC(=O)N1CCC(NC(=O)OCc2ccccc2)CC1N=[N+]=[N-]. The monoisotopic (exact) mass is 375 g/mol. The second-order valence-electron chi connectivity index (χ2n) is 7.29. The molecule has 0 saturated carbocycles. The summed E-state index contributed by atoms with van der Waals surface area (Å²) in [6, 6.07) is 9.09. The van der Waals surface area contributed by atoms with E-state index in [0.717, 1.165) is 5.56 Å². The second kappa shape index (κ2) is 9.14. The number of nitrogens with zero attached hydrogens (tertiary/aromatic N) is 4. The van der Waals surface area contributed by atoms with Crippen LogP contribution in [0.2, 0.25) is 0 Å². The first kappa shape index (κ1) is 20.4. The van der Waals surface area contributed by atoms with Gasteiger partial charge in [-0.1, -0.05) is 35.4 Å². The summed E-state index contributed by atoms with van der Waals surface area (Å²) in [5.41, 5.74) is 9.04. The summed E-state index contributed by atoms with van der Waals surface area (Å²) in [7, 11) is 0. The summed E-state index contributed by atoms with van der Waals surface area (Å²) >= 11 is 0. The zero-order chi connectivity index (χ0) is 19.9. The van der Waals surface area contributed by atoms with Crippen LogP contribution in [0.3, 0.4) is 0 Å². The van der Waals surface area contributed by atoms with Crippen LogP contribution in [0.25, 0.3) is 10.4 Å². The van der Waals surface area contributed by atoms with Crippen molar-refractivity contribution in [2.24, 2.45) is 5.11 Å². The Labute approximate surface area is 158 Å². The minimum absolute atomic E-state index is 0.170. The summed E-state index contributed by atoms with van der Waals surface area (Å²) in [5, 5.41) is 6.44. The van der Waals surface area contributed by atoms with Gasteiger partial charge in [-0.25, -0.2) is 9.59 Å². The van der Waals surface area contributed by atoms with Gasteiger partial charge in [0.25, 0.3) is 0 Å². The number of rotatable bonds is 4. The topological polar surface area (TPSA) is 117 Å². The van der Waals surface area contributed by atoms with Gasteiger partial charge in [-0.2, -0.15) is 0 Å². The number of ether oxygens (including phenoxy) is 2. The molecule has 0 aliphatic carbocycles. The third-order valence-corrected chi connectivity index (χ3v) is 3.92. The summed E-state index contributed by atoms with van der Waals surface area (Å²) < 4.78 is 10.6. The summed E-state index contributed by atoms with van der Waals surface area (Å²) in [5.74, 6) is 0. The van der Waals surface area contributed by atoms with Crippen LogP contribution in [0.15, 0.2) is 35.4 Å². The van der Waals surface area contributed by atoms with Crippen molar-refractivity contribution in [3.05, 3.63) is 46.3 Å². The van der Waals surface area contributed by atoms with Crippen LogP contribution in [0.1, 0.15) is 39.2 Å². The van der Waals surface area contributed by atoms with E-state index < -0.39 is 24.0 Å². The molecule has 1 heterocycles. The van der Waals surface area contributed by atoms with Crippen LogP contribution in [0, 0.1) is 0 Å². The van der Waals surface area contributed by atoms with Gasteiger partial charge in [0.15, 0.2) is 0 Å². The molecule has 0 radical (unpaired) electrons. The smallest absolute Gasteiger partial charge is 0.410 e. The Bertz CT molecular complexity index is 697. The number of benzene rings is 1. The lowest BCUT2D eigenvalue weighted by atomic mass is 10.0. The summed E-state index contributed by atoms with van der Waals surface area (Å²) in [6.45, 7) is 5.78. The van der Waals surface area contributed by atoms with E-state index in [0.29, 0.717) is 19.4 Å². The van der Waals surface area contributed by atoms with Crippen LogP contribution in [0.5, 0.6) is 0 Å². The molecule has 1 saturated heterocycles. The molecule has 9 heteroatoms. The Hall–Kier alpha value is -2.93. The number of hydrogen-bond donors (Lipinski definition) is 1. The van der Waals surface area contributed by atoms with Crippen molar-refractivity contribution in [1.82, 2.24) is 10.2 Å². The van der Waals surface area contributed by atoms with Gasteiger partial charge >= 0.3 is 12.2 Å². The van der Waals surface area contributed by atoms with E-state index in [1.54, 1.807) is 20.8 Å². The van der Waals surface area contributed by atoms with Crippen LogP contribution < -0.4 is 5.32 Å². The second-order valence-corrected chi connectivity index (χ2v) is 7.29. The molecule has 1 aliphatic heterocycles. The first-order chi connectivity index (χ1) is 12.8. The third kappa shape index (κ3) is 6.71. The van der Waals surface area contributed by atoms with Gasteiger partial charge in [0, 0.05) is 17.5 Å². The normalized spacial score (nSPS) is 19.6. The molecule has 2 atom stereocenters. The van der Waals surface area contributed by atoms with Gasteiger partial charge in [-0.05, 0) is 44.7 Å². The average molecular weight is 375 g/mol. The highest BCUT2D eigenvalue weighted by Crippen LogP contribution is 2.22. The fourth-order valence-electron chi connectivity index (χ4n) is 2.71. The van der Waals surface area contributed by atoms with Crippen molar-refractivity contribution in [2.75, 3.05) is 6.54 Å². The number of azide groups is 1. The highest BCUT2D eigenvalue weighted by molar-refractivity contribution is 5.69. The zero-order valence-corrected chi connectivity index (χ0v) is 15.8. The lowest BCUT2D eigenvalue weighted by Crippen LogP contribution is -2.52. The maximum Gasteiger partial charge on any atom is 0.410 e. The Kier molecular flexibility index (Phi) is 6.90. The van der Waals surface area contributed by atoms with Crippen LogP contribution in [0.4, 0.5) is 9.59 Å². The Morgan fingerprint density at radius 2 is 2.04 bits per heavy atom. The number of amides is 2. The van der Waals surface area contributed by atoms with Gasteiger partial charge in [0.2, 0.25) is 0 Å². The zero-order valence-electron chi connectivity index (χ0n) is 15.8. The molecular formula is C18H25N5O4. The molecule has 9 nitrogen and oxygen atoms in total. The number of hydrogen-bond acceptors (Lipinski definition) is 5. The number of piperidine rings is 1. The van der Waals surface area contributed by atoms with Crippen molar-refractivity contribution >= 4 is 12.2 Å². The molecule has 2 rings (SSSR count). The van der Waals surface area contributed by atoms with Gasteiger partial charge < -0.3 is 14.8 Å². The van der Waals surface area contributed by atoms with E-state index >= 15 is 0 Å². The lowest BCUT2D eigenvalue weighted by Gasteiger charge is -2.37. The minimum atomic E-state index is -0.724. The van der Waals surface area contributed by atoms with E-state index in [1.165, 1.54) is 4.90 Å². The fraction of sp³-hybridized carbons (Fsp3) is 0.556. The predicted molar refractivity (Wildman–Crippen MR) is 98.7 cm³/mol. The van der Waals surface area contributed by atoms with Gasteiger partial charge in [0.1, 0.15) is 18.4 Å². The molecule has 0 spiro atoms. The molecule has 1 N–H and O–H groups in total. The van der Waals surface area contributed by atoms with Gasteiger partial charge in [0.05, 0.1) is 0 Å². The molecule has 1 aliphatic rings. The maximum absolute atomic E-state index is 12.3. The summed E-state index contributed by atoms with van der Waals surface area (Å²) in [6.07, 6.45) is -1.00. The quantitative estimate of drug-likeness (QED) is 0.487. The van der Waals surface area contributed by atoms with E-state index in [4.69, 9.17) is 15.0 Å². The third-order valence-electron chi connectivity index (χ3n) is 3.92. The van der Waals surface area contributed by atoms with Crippen molar-refractivity contribution in [3.63, 3.8) is 0 Å². The van der Waals surface area contributed by atoms with Crippen LogP contribution in [-0.4, -0.2) is 41.4 Å². The predicted octanol–water partition coefficient (Wildman–Crippen LogP) is 3.95. The lowest BCUT2D eigenvalue weighted by molar-refractivity contribution is 0.00793. The molecule has 1 aromatic carbocycles. The highest BCUT2D eigenvalue weighted by atomic mass is 16.6. The highest BCUT2D eigenvalue weighted by Gasteiger charge is 2.34. The van der Waals surface area contributed by atoms with Crippen molar-refractivity contribution < 1.29 is 19.1 Å². The van der Waals surface area contributed by atoms with Crippen LogP contribution >= 0.6 is 0 Å². The average Bonchev–Trinajstić information content (AvgIpc) is 2.60. The number of carbonyl (C=O) groups excluding carboxylic acids is 2. The van der Waals surface area contributed by atoms with Crippen molar-refractivity contribution in [3.8, 4) is 0 Å². The molecule has 0 aromatic heterocycles. The standard InChI is InChI=1S/C18H25N5O4/c1-18(2,3)27-17(25)23-10-9-14(11-15(23)21-22-19)20-16(24)26-12-13-7-5-4-6-8-13/h4-8,14-15H,9-12H2,1-3H3,(H,20,24).